The second kappa shape index (κ2) is 16.2. The summed E-state index contributed by atoms with van der Waals surface area (Å²) in [6.07, 6.45) is 11.3. The molecule has 11 heteroatoms. The van der Waals surface area contributed by atoms with Crippen LogP contribution in [0.3, 0.4) is 0 Å². The van der Waals surface area contributed by atoms with Gasteiger partial charge in [0.25, 0.3) is 0 Å². The van der Waals surface area contributed by atoms with Gasteiger partial charge in [-0.2, -0.15) is 13.2 Å². The van der Waals surface area contributed by atoms with Crippen molar-refractivity contribution in [2.24, 2.45) is 0 Å². The Labute approximate surface area is 250 Å². The Morgan fingerprint density at radius 1 is 1.02 bits per heavy atom. The minimum absolute atomic E-state index is 0.196. The van der Waals surface area contributed by atoms with Crippen molar-refractivity contribution in [2.45, 2.75) is 90.8 Å². The zero-order valence-corrected chi connectivity index (χ0v) is 25.1. The lowest BCUT2D eigenvalue weighted by Crippen LogP contribution is -2.30. The van der Waals surface area contributed by atoms with E-state index in [2.05, 4.69) is 50.9 Å². The van der Waals surface area contributed by atoms with Crippen LogP contribution in [-0.4, -0.2) is 40.5 Å². The molecular weight excluding hydrogens is 561 g/mol. The van der Waals surface area contributed by atoms with Crippen LogP contribution in [0.15, 0.2) is 41.1 Å². The summed E-state index contributed by atoms with van der Waals surface area (Å²) >= 11 is 0. The second-order valence-electron chi connectivity index (χ2n) is 10.7. The number of aromatic carboxylic acids is 1. The molecule has 43 heavy (non-hydrogen) atoms. The van der Waals surface area contributed by atoms with Gasteiger partial charge in [-0.25, -0.2) is 9.78 Å². The van der Waals surface area contributed by atoms with Gasteiger partial charge in [-0.1, -0.05) is 57.9 Å². The number of amides is 1. The minimum atomic E-state index is -4.82. The third-order valence-corrected chi connectivity index (χ3v) is 7.28. The number of rotatable bonds is 13. The first-order valence-electron chi connectivity index (χ1n) is 14.8. The molecule has 0 unspecified atom stereocenters. The van der Waals surface area contributed by atoms with Gasteiger partial charge < -0.3 is 19.7 Å². The first-order valence-corrected chi connectivity index (χ1v) is 14.8. The molecule has 1 aliphatic rings. The number of hydrogen-bond donors (Lipinski definition) is 2. The van der Waals surface area contributed by atoms with Crippen LogP contribution < -0.4 is 10.2 Å². The molecule has 4 rings (SSSR count). The summed E-state index contributed by atoms with van der Waals surface area (Å²) in [5, 5.41) is 11.9. The molecule has 0 radical (unpaired) electrons. The van der Waals surface area contributed by atoms with Gasteiger partial charge in [-0.05, 0) is 54.3 Å². The number of aromatic nitrogens is 2. The number of alkyl halides is 3. The van der Waals surface area contributed by atoms with Crippen molar-refractivity contribution >= 4 is 17.6 Å². The molecule has 8 nitrogen and oxygen atoms in total. The van der Waals surface area contributed by atoms with Crippen LogP contribution in [0, 0.1) is 6.92 Å². The zero-order chi connectivity index (χ0) is 31.4. The van der Waals surface area contributed by atoms with Crippen LogP contribution in [0.5, 0.6) is 0 Å². The average molecular weight is 603 g/mol. The Kier molecular flexibility index (Phi) is 12.7. The lowest BCUT2D eigenvalue weighted by Gasteiger charge is -2.26. The summed E-state index contributed by atoms with van der Waals surface area (Å²) < 4.78 is 40.2. The number of aryl methyl sites for hydroxylation is 2. The summed E-state index contributed by atoms with van der Waals surface area (Å²) in [7, 11) is 1.86. The quantitative estimate of drug-likeness (QED) is 0.194. The average Bonchev–Trinajstić information content (AvgIpc) is 3.39. The van der Waals surface area contributed by atoms with Gasteiger partial charge in [-0.15, -0.1) is 0 Å². The standard InChI is InChI=1S/C26H37N3O.C6H4F3NO3/c1-3-4-5-6-7-8-9-10-15-27-18-21-16-24(20-28-19-21)22-11-13-25-23(17-22)12-14-26(30)29(25)2;1-2-10-3(5(11)12)4(13-2)6(7,8)9/h11,13,16-17,19-20,27H,3-10,12,14-15,18H2,1-2H3;1H3,(H,11,12). The maximum atomic E-state index is 12.0. The van der Waals surface area contributed by atoms with E-state index in [-0.39, 0.29) is 11.8 Å². The van der Waals surface area contributed by atoms with Crippen molar-refractivity contribution in [3.8, 4) is 11.1 Å². The van der Waals surface area contributed by atoms with E-state index in [1.54, 1.807) is 4.90 Å². The van der Waals surface area contributed by atoms with Crippen molar-refractivity contribution in [2.75, 3.05) is 18.5 Å². The first-order chi connectivity index (χ1) is 20.5. The molecule has 3 aromatic rings. The van der Waals surface area contributed by atoms with Gasteiger partial charge >= 0.3 is 12.1 Å². The Morgan fingerprint density at radius 2 is 1.72 bits per heavy atom. The number of unbranched alkanes of at least 4 members (excludes halogenated alkanes) is 7. The van der Waals surface area contributed by atoms with E-state index >= 15 is 0 Å². The van der Waals surface area contributed by atoms with Crippen molar-refractivity contribution in [1.29, 1.82) is 0 Å². The summed E-state index contributed by atoms with van der Waals surface area (Å²) in [6, 6.07) is 8.61. The molecule has 1 aliphatic heterocycles. The number of halogens is 3. The number of fused-ring (bicyclic) bond motifs is 1. The van der Waals surface area contributed by atoms with Crippen LogP contribution in [0.1, 0.15) is 98.0 Å². The Balaban J connectivity index is 0.000000326. The third-order valence-electron chi connectivity index (χ3n) is 7.28. The summed E-state index contributed by atoms with van der Waals surface area (Å²) in [5.74, 6) is -3.46. The number of benzene rings is 1. The van der Waals surface area contributed by atoms with Crippen LogP contribution in [0.4, 0.5) is 18.9 Å². The highest BCUT2D eigenvalue weighted by atomic mass is 19.4. The van der Waals surface area contributed by atoms with E-state index in [4.69, 9.17) is 5.11 Å². The number of carbonyl (C=O) groups is 2. The maximum absolute atomic E-state index is 12.0. The molecule has 0 bridgehead atoms. The fourth-order valence-electron chi connectivity index (χ4n) is 4.96. The highest BCUT2D eigenvalue weighted by Crippen LogP contribution is 2.33. The topological polar surface area (TPSA) is 109 Å². The van der Waals surface area contributed by atoms with Gasteiger partial charge in [0.05, 0.1) is 0 Å². The number of nitrogens with zero attached hydrogens (tertiary/aromatic N) is 3. The third kappa shape index (κ3) is 10.2. The van der Waals surface area contributed by atoms with Gasteiger partial charge in [0.1, 0.15) is 0 Å². The van der Waals surface area contributed by atoms with Crippen molar-refractivity contribution in [3.63, 3.8) is 0 Å². The molecule has 0 atom stereocenters. The molecule has 2 aromatic heterocycles. The fraction of sp³-hybridized carbons (Fsp3) is 0.500. The van der Waals surface area contributed by atoms with Gasteiger partial charge in [-0.3, -0.25) is 9.78 Å². The van der Waals surface area contributed by atoms with Gasteiger partial charge in [0, 0.05) is 50.6 Å². The molecule has 0 saturated heterocycles. The molecule has 3 heterocycles. The fourth-order valence-corrected chi connectivity index (χ4v) is 4.96. The second-order valence-corrected chi connectivity index (χ2v) is 10.7. The molecule has 0 saturated carbocycles. The van der Waals surface area contributed by atoms with E-state index in [9.17, 15) is 22.8 Å². The molecule has 0 aliphatic carbocycles. The molecule has 0 fully saturated rings. The van der Waals surface area contributed by atoms with Crippen molar-refractivity contribution in [1.82, 2.24) is 15.3 Å². The lowest BCUT2D eigenvalue weighted by atomic mass is 9.96. The van der Waals surface area contributed by atoms with Crippen LogP contribution in [-0.2, 0) is 23.9 Å². The van der Waals surface area contributed by atoms with Crippen LogP contribution >= 0.6 is 0 Å². The number of carbonyl (C=O) groups excluding carboxylic acids is 1. The number of carboxylic acid groups (broad SMARTS) is 1. The molecule has 1 amide bonds. The Hall–Kier alpha value is -3.73. The number of anilines is 1. The Bertz CT molecular complexity index is 1360. The monoisotopic (exact) mass is 602 g/mol. The predicted molar refractivity (Wildman–Crippen MR) is 159 cm³/mol. The molecule has 2 N–H and O–H groups in total. The van der Waals surface area contributed by atoms with Crippen LogP contribution in [0.25, 0.3) is 11.1 Å². The molecule has 1 aromatic carbocycles. The summed E-state index contributed by atoms with van der Waals surface area (Å²) in [4.78, 5) is 31.5. The van der Waals surface area contributed by atoms with Crippen molar-refractivity contribution in [3.05, 3.63) is 65.1 Å². The first kappa shape index (κ1) is 33.8. The molecular formula is C32H41F3N4O4. The van der Waals surface area contributed by atoms with Gasteiger partial charge in [0.2, 0.25) is 11.7 Å². The predicted octanol–water partition coefficient (Wildman–Crippen LogP) is 7.59. The SMILES string of the molecule is CCCCCCCCCCNCc1cncc(-c2ccc3c(c2)CCC(=O)N3C)c1.Cc1nc(C(=O)O)c(C(F)(F)F)o1. The zero-order valence-electron chi connectivity index (χ0n) is 25.1. The maximum Gasteiger partial charge on any atom is 0.452 e. The number of pyridine rings is 1. The van der Waals surface area contributed by atoms with Gasteiger partial charge in [0.15, 0.2) is 11.6 Å². The number of nitrogens with one attached hydrogen (secondary N) is 1. The molecule has 234 valence electrons. The number of oxazole rings is 1. The van der Waals surface area contributed by atoms with E-state index in [0.29, 0.717) is 6.42 Å². The van der Waals surface area contributed by atoms with E-state index < -0.39 is 23.6 Å². The molecule has 0 spiro atoms. The largest absolute Gasteiger partial charge is 0.476 e. The van der Waals surface area contributed by atoms with E-state index in [0.717, 1.165) is 37.7 Å². The highest BCUT2D eigenvalue weighted by Gasteiger charge is 2.41. The highest BCUT2D eigenvalue weighted by molar-refractivity contribution is 5.96. The smallest absolute Gasteiger partial charge is 0.452 e. The lowest BCUT2D eigenvalue weighted by molar-refractivity contribution is -0.153. The summed E-state index contributed by atoms with van der Waals surface area (Å²) in [5.41, 5.74) is 4.71. The normalized spacial score (nSPS) is 13.0. The Morgan fingerprint density at radius 3 is 2.37 bits per heavy atom. The minimum Gasteiger partial charge on any atom is -0.476 e. The number of carboxylic acids is 1. The summed E-state index contributed by atoms with van der Waals surface area (Å²) in [6.45, 7) is 5.34. The van der Waals surface area contributed by atoms with E-state index in [1.807, 2.05) is 19.4 Å². The van der Waals surface area contributed by atoms with Crippen molar-refractivity contribution < 1.29 is 32.3 Å². The van der Waals surface area contributed by atoms with E-state index in [1.165, 1.54) is 68.1 Å². The van der Waals surface area contributed by atoms with Crippen LogP contribution in [0.2, 0.25) is 0 Å². The number of hydrogen-bond acceptors (Lipinski definition) is 6.